The van der Waals surface area contributed by atoms with Gasteiger partial charge < -0.3 is 0 Å². The standard InChI is InChI=1S/7C10H9N.3C9H8N2.10C2H6/c1-8-2-3-10-7-11-5-4-9(10)6-8;1-8-2-3-9-4-5-11-7-10(9)6-8;1-8-4-5-10-9(7-8)3-2-6-11-10;1-8-4-5-9-3-2-6-11-10(9)7-8;1-8-6-9-4-2-3-5-10(9)7-11-8;1-8-6-9-4-2-3-5-10(9)11-7-8;1-8-6-7-9-4-2-3-5-10(9)11-8;1-7-4-5-8-9(11-7)3-2-6-10-8;1-7-10-6-8-4-2-3-5-9(8)11-7;1-7-6-10-8-4-2-3-5-9(8)11-7;10*1-2/h7*2-7H,1H3;3*2-6H,1H3;10*1-2H3. The van der Waals surface area contributed by atoms with Crippen LogP contribution in [0.2, 0.25) is 0 Å². The lowest BCUT2D eigenvalue weighted by molar-refractivity contribution is 1.09. The van der Waals surface area contributed by atoms with Crippen molar-refractivity contribution in [3.05, 3.63) is 404 Å². The summed E-state index contributed by atoms with van der Waals surface area (Å²) in [6.07, 6.45) is 20.3. The molecule has 13 heteroatoms. The maximum absolute atomic E-state index is 4.38. The van der Waals surface area contributed by atoms with Gasteiger partial charge in [-0.2, -0.15) is 0 Å². The third-order valence-corrected chi connectivity index (χ3v) is 17.1. The molecule has 13 nitrogen and oxygen atoms in total. The van der Waals surface area contributed by atoms with Gasteiger partial charge in [-0.1, -0.05) is 313 Å². The highest BCUT2D eigenvalue weighted by molar-refractivity contribution is 5.85. The van der Waals surface area contributed by atoms with E-state index in [1.165, 1.54) is 81.7 Å². The van der Waals surface area contributed by atoms with Crippen LogP contribution in [0.3, 0.4) is 0 Å². The van der Waals surface area contributed by atoms with Crippen LogP contribution in [0.1, 0.15) is 195 Å². The Labute approximate surface area is 780 Å². The number of nitrogens with zero attached hydrogens (tertiary/aromatic N) is 13. The van der Waals surface area contributed by atoms with Crippen molar-refractivity contribution in [1.82, 2.24) is 64.8 Å². The van der Waals surface area contributed by atoms with Crippen LogP contribution in [0.25, 0.3) is 109 Å². The van der Waals surface area contributed by atoms with Crippen LogP contribution in [-0.2, 0) is 0 Å². The van der Waals surface area contributed by atoms with Crippen molar-refractivity contribution < 1.29 is 0 Å². The Kier molecular flexibility index (Phi) is 61.6. The predicted molar refractivity (Wildman–Crippen MR) is 572 cm³/mol. The average Bonchev–Trinajstić information content (AvgIpc) is 0.929. The summed E-state index contributed by atoms with van der Waals surface area (Å²) in [5, 5.41) is 13.4. The summed E-state index contributed by atoms with van der Waals surface area (Å²) in [6.45, 7) is 60.2. The molecule has 9 aromatic carbocycles. The van der Waals surface area contributed by atoms with Crippen molar-refractivity contribution in [2.24, 2.45) is 0 Å². The van der Waals surface area contributed by atoms with Gasteiger partial charge in [0, 0.05) is 128 Å². The fourth-order valence-electron chi connectivity index (χ4n) is 11.5. The summed E-state index contributed by atoms with van der Waals surface area (Å²) < 4.78 is 0. The normalized spacial score (nSPS) is 9.15. The van der Waals surface area contributed by atoms with E-state index in [1.54, 1.807) is 12.4 Å². The lowest BCUT2D eigenvalue weighted by Crippen LogP contribution is -1.86. The average molecular weight is 1740 g/mol. The molecular formula is C117H147N13. The monoisotopic (exact) mass is 1730 g/mol. The summed E-state index contributed by atoms with van der Waals surface area (Å²) in [5.41, 5.74) is 19.6. The predicted octanol–water partition coefficient (Wildman–Crippen LogP) is 33.9. The minimum Gasteiger partial charge on any atom is -0.264 e. The van der Waals surface area contributed by atoms with Gasteiger partial charge in [0.1, 0.15) is 5.82 Å². The van der Waals surface area contributed by atoms with Crippen LogP contribution in [0, 0.1) is 69.2 Å². The van der Waals surface area contributed by atoms with Crippen molar-refractivity contribution in [3.8, 4) is 0 Å². The number of para-hydroxylation sites is 5. The third kappa shape index (κ3) is 42.1. The van der Waals surface area contributed by atoms with Crippen molar-refractivity contribution in [2.75, 3.05) is 0 Å². The van der Waals surface area contributed by atoms with Gasteiger partial charge in [-0.3, -0.25) is 49.8 Å². The Balaban J connectivity index is 0.000000706. The molecule has 20 rings (SSSR count). The molecule has 0 spiro atoms. The second-order valence-corrected chi connectivity index (χ2v) is 26.3. The van der Waals surface area contributed by atoms with Crippen molar-refractivity contribution in [1.29, 1.82) is 0 Å². The molecule has 0 aliphatic heterocycles. The van der Waals surface area contributed by atoms with Crippen molar-refractivity contribution in [2.45, 2.75) is 208 Å². The summed E-state index contributed by atoms with van der Waals surface area (Å²) in [7, 11) is 0. The summed E-state index contributed by atoms with van der Waals surface area (Å²) in [4.78, 5) is 54.8. The third-order valence-electron chi connectivity index (χ3n) is 17.1. The van der Waals surface area contributed by atoms with Crippen LogP contribution >= 0.6 is 0 Å². The molecule has 20 aromatic rings. The first-order valence-corrected chi connectivity index (χ1v) is 46.4. The van der Waals surface area contributed by atoms with Crippen LogP contribution in [0.15, 0.2) is 347 Å². The van der Waals surface area contributed by atoms with E-state index >= 15 is 0 Å². The molecule has 0 N–H and O–H groups in total. The zero-order valence-corrected chi connectivity index (χ0v) is 83.7. The highest BCUT2D eigenvalue weighted by atomic mass is 14.9. The zero-order chi connectivity index (χ0) is 96.8. The molecule has 130 heavy (non-hydrogen) atoms. The summed E-state index contributed by atoms with van der Waals surface area (Å²) >= 11 is 0. The van der Waals surface area contributed by atoms with E-state index < -0.39 is 0 Å². The number of pyridine rings is 9. The maximum atomic E-state index is 4.38. The maximum Gasteiger partial charge on any atom is 0.125 e. The molecule has 0 fully saturated rings. The van der Waals surface area contributed by atoms with Gasteiger partial charge in [-0.15, -0.1) is 0 Å². The fraction of sp³-hybridized carbons (Fsp3) is 0.256. The van der Waals surface area contributed by atoms with E-state index in [0.29, 0.717) is 0 Å². The van der Waals surface area contributed by atoms with Gasteiger partial charge in [0.25, 0.3) is 0 Å². The molecule has 0 amide bonds. The molecular weight excluding hydrogens is 1590 g/mol. The molecule has 11 heterocycles. The quantitative estimate of drug-likeness (QED) is 0.141. The minimum absolute atomic E-state index is 0.823. The molecule has 680 valence electrons. The summed E-state index contributed by atoms with van der Waals surface area (Å²) in [6, 6.07) is 93.9. The molecule has 11 aromatic heterocycles. The SMILES string of the molecule is CC.CC.CC.CC.CC.CC.CC.CC.CC.CC.Cc1cc2ccccc2cn1.Cc1ccc2ccccc2n1.Cc1ccc2cccnc2c1.Cc1ccc2ccncc2c1.Cc1ccc2cnccc2c1.Cc1ccc2ncccc2c1.Cc1ccc2ncccc2n1.Cc1cnc2ccccc2c1.Cc1cnc2ccccc2n1.Cc1ncc2ccccc2n1. The van der Waals surface area contributed by atoms with Gasteiger partial charge >= 0.3 is 0 Å². The first-order valence-electron chi connectivity index (χ1n) is 46.4. The number of benzene rings is 9. The number of hydrogen-bond donors (Lipinski definition) is 0. The molecule has 0 saturated carbocycles. The fourth-order valence-corrected chi connectivity index (χ4v) is 11.5. The first kappa shape index (κ1) is 114. The highest BCUT2D eigenvalue weighted by Crippen LogP contribution is 2.19. The first-order chi connectivity index (χ1) is 63.6. The van der Waals surface area contributed by atoms with Gasteiger partial charge in [0.15, 0.2) is 0 Å². The largest absolute Gasteiger partial charge is 0.264 e. The zero-order valence-electron chi connectivity index (χ0n) is 83.7. The Bertz CT molecular complexity index is 5090. The number of aryl methyl sites for hydroxylation is 10. The second-order valence-electron chi connectivity index (χ2n) is 26.3. The lowest BCUT2D eigenvalue weighted by Gasteiger charge is -1.96. The Hall–Kier alpha value is -13.9. The molecule has 0 radical (unpaired) electrons. The van der Waals surface area contributed by atoms with E-state index in [4.69, 9.17) is 0 Å². The van der Waals surface area contributed by atoms with Crippen LogP contribution in [0.4, 0.5) is 0 Å². The van der Waals surface area contributed by atoms with Crippen LogP contribution in [0.5, 0.6) is 0 Å². The van der Waals surface area contributed by atoms with Gasteiger partial charge in [0.2, 0.25) is 0 Å². The lowest BCUT2D eigenvalue weighted by atomic mass is 10.1. The van der Waals surface area contributed by atoms with E-state index in [1.807, 2.05) is 387 Å². The van der Waals surface area contributed by atoms with Crippen molar-refractivity contribution >= 4 is 109 Å². The van der Waals surface area contributed by atoms with Gasteiger partial charge in [-0.25, -0.2) is 15.0 Å². The summed E-state index contributed by atoms with van der Waals surface area (Å²) in [5.74, 6) is 0.823. The van der Waals surface area contributed by atoms with Gasteiger partial charge in [-0.05, 0) is 218 Å². The number of hydrogen-bond acceptors (Lipinski definition) is 13. The molecule has 0 aliphatic rings. The molecule has 0 unspecified atom stereocenters. The van der Waals surface area contributed by atoms with Crippen molar-refractivity contribution in [3.63, 3.8) is 0 Å². The van der Waals surface area contributed by atoms with Gasteiger partial charge in [0.05, 0.1) is 55.3 Å². The van der Waals surface area contributed by atoms with E-state index in [-0.39, 0.29) is 0 Å². The Morgan fingerprint density at radius 1 is 0.146 bits per heavy atom. The highest BCUT2D eigenvalue weighted by Gasteiger charge is 2.00. The molecule has 0 saturated heterocycles. The Morgan fingerprint density at radius 2 is 0.477 bits per heavy atom. The van der Waals surface area contributed by atoms with E-state index in [2.05, 4.69) is 221 Å². The topological polar surface area (TPSA) is 168 Å². The molecule has 0 bridgehead atoms. The molecule has 0 aliphatic carbocycles. The minimum atomic E-state index is 0.823. The second kappa shape index (κ2) is 70.2. The number of aromatic nitrogens is 13. The van der Waals surface area contributed by atoms with E-state index in [0.717, 1.165) is 83.6 Å². The smallest absolute Gasteiger partial charge is 0.125 e. The van der Waals surface area contributed by atoms with Crippen LogP contribution < -0.4 is 0 Å². The number of fused-ring (bicyclic) bond motifs is 10. The molecule has 0 atom stereocenters. The Morgan fingerprint density at radius 3 is 1.08 bits per heavy atom. The number of rotatable bonds is 0. The van der Waals surface area contributed by atoms with E-state index in [9.17, 15) is 0 Å². The van der Waals surface area contributed by atoms with Crippen LogP contribution in [-0.4, -0.2) is 64.8 Å².